The third-order valence-electron chi connectivity index (χ3n) is 6.89. The second-order valence-corrected chi connectivity index (χ2v) is 11.5. The Morgan fingerprint density at radius 3 is 2.41 bits per heavy atom. The minimum Gasteiger partial charge on any atom is -0.495 e. The highest BCUT2D eigenvalue weighted by atomic mass is 32.2. The number of aromatic nitrogens is 2. The molecule has 37 heavy (non-hydrogen) atoms. The lowest BCUT2D eigenvalue weighted by Gasteiger charge is -2.20. The first-order valence-electron chi connectivity index (χ1n) is 11.9. The van der Waals surface area contributed by atoms with Crippen molar-refractivity contribution in [3.05, 3.63) is 81.1 Å². The molecule has 2 heterocycles. The van der Waals surface area contributed by atoms with E-state index in [0.717, 1.165) is 16.9 Å². The van der Waals surface area contributed by atoms with E-state index >= 15 is 0 Å². The third-order valence-corrected chi connectivity index (χ3v) is 8.49. The fourth-order valence-corrected chi connectivity index (χ4v) is 6.62. The van der Waals surface area contributed by atoms with Crippen LogP contribution in [0.5, 0.6) is 11.5 Å². The minimum absolute atomic E-state index is 0.123. The van der Waals surface area contributed by atoms with E-state index in [9.17, 15) is 13.2 Å². The van der Waals surface area contributed by atoms with Crippen LogP contribution in [0.2, 0.25) is 0 Å². The molecule has 0 amide bonds. The summed E-state index contributed by atoms with van der Waals surface area (Å²) in [6.45, 7) is 9.41. The van der Waals surface area contributed by atoms with E-state index in [-0.39, 0.29) is 10.8 Å². The van der Waals surface area contributed by atoms with Crippen LogP contribution in [0.3, 0.4) is 0 Å². The van der Waals surface area contributed by atoms with Gasteiger partial charge in [0.15, 0.2) is 0 Å². The Hall–Kier alpha value is -3.85. The highest BCUT2D eigenvalue weighted by Gasteiger charge is 2.37. The first-order chi connectivity index (χ1) is 17.4. The fourth-order valence-electron chi connectivity index (χ4n) is 5.06. The average Bonchev–Trinajstić information content (AvgIpc) is 3.18. The predicted molar refractivity (Wildman–Crippen MR) is 144 cm³/mol. The van der Waals surface area contributed by atoms with E-state index in [0.29, 0.717) is 39.9 Å². The molecule has 1 aromatic heterocycles. The molecular weight excluding hydrogens is 490 g/mol. The van der Waals surface area contributed by atoms with Crippen molar-refractivity contribution in [1.29, 1.82) is 0 Å². The van der Waals surface area contributed by atoms with Gasteiger partial charge in [0.25, 0.3) is 15.6 Å². The molecule has 1 aliphatic heterocycles. The number of methoxy groups -OCH3 is 1. The van der Waals surface area contributed by atoms with Crippen LogP contribution >= 0.6 is 0 Å². The van der Waals surface area contributed by atoms with Crippen LogP contribution in [0, 0.1) is 20.8 Å². The summed E-state index contributed by atoms with van der Waals surface area (Å²) in [6.07, 6.45) is 0.595. The monoisotopic (exact) mass is 519 g/mol. The van der Waals surface area contributed by atoms with Crippen molar-refractivity contribution in [3.8, 4) is 17.2 Å². The Kier molecular flexibility index (Phi) is 5.79. The number of ether oxygens (including phenoxy) is 2. The molecule has 1 N–H and O–H groups in total. The van der Waals surface area contributed by atoms with E-state index in [1.165, 1.54) is 11.7 Å². The third kappa shape index (κ3) is 4.03. The molecule has 192 valence electrons. The van der Waals surface area contributed by atoms with Gasteiger partial charge in [-0.1, -0.05) is 24.3 Å². The first-order valence-corrected chi connectivity index (χ1v) is 13.4. The summed E-state index contributed by atoms with van der Waals surface area (Å²) in [4.78, 5) is 18.4. The Morgan fingerprint density at radius 2 is 1.68 bits per heavy atom. The van der Waals surface area contributed by atoms with E-state index < -0.39 is 21.2 Å². The number of nitrogens with zero attached hydrogens (tertiary/aromatic N) is 2. The van der Waals surface area contributed by atoms with Crippen molar-refractivity contribution in [2.45, 2.75) is 51.5 Å². The number of para-hydroxylation sites is 3. The molecule has 0 atom stereocenters. The zero-order chi connectivity index (χ0) is 26.7. The molecule has 8 nitrogen and oxygen atoms in total. The topological polar surface area (TPSA) is 99.5 Å². The number of hydrogen-bond donors (Lipinski definition) is 1. The van der Waals surface area contributed by atoms with Crippen LogP contribution in [0.25, 0.3) is 16.6 Å². The first kappa shape index (κ1) is 24.8. The maximum absolute atomic E-state index is 14.0. The second kappa shape index (κ2) is 8.62. The van der Waals surface area contributed by atoms with Gasteiger partial charge in [-0.2, -0.15) is 0 Å². The number of fused-ring (bicyclic) bond motifs is 2. The molecule has 0 fully saturated rings. The summed E-state index contributed by atoms with van der Waals surface area (Å²) in [5.41, 5.74) is 2.79. The molecule has 0 saturated heterocycles. The van der Waals surface area contributed by atoms with Gasteiger partial charge < -0.3 is 9.47 Å². The van der Waals surface area contributed by atoms with Gasteiger partial charge >= 0.3 is 0 Å². The van der Waals surface area contributed by atoms with Crippen molar-refractivity contribution in [2.24, 2.45) is 0 Å². The van der Waals surface area contributed by atoms with Crippen LogP contribution < -0.4 is 19.8 Å². The van der Waals surface area contributed by atoms with Crippen LogP contribution in [0.1, 0.15) is 36.1 Å². The summed E-state index contributed by atoms with van der Waals surface area (Å²) in [5.74, 6) is 1.03. The van der Waals surface area contributed by atoms with Crippen LogP contribution in [0.15, 0.2) is 58.2 Å². The van der Waals surface area contributed by atoms with Gasteiger partial charge in [0.1, 0.15) is 17.1 Å². The number of anilines is 1. The lowest BCUT2D eigenvalue weighted by atomic mass is 9.94. The van der Waals surface area contributed by atoms with E-state index in [4.69, 9.17) is 9.47 Å². The Balaban J connectivity index is 1.75. The lowest BCUT2D eigenvalue weighted by molar-refractivity contribution is 0.137. The van der Waals surface area contributed by atoms with Crippen molar-refractivity contribution in [1.82, 2.24) is 9.55 Å². The summed E-state index contributed by atoms with van der Waals surface area (Å²) >= 11 is 0. The van der Waals surface area contributed by atoms with Crippen molar-refractivity contribution >= 4 is 26.9 Å². The molecule has 0 spiro atoms. The van der Waals surface area contributed by atoms with Gasteiger partial charge in [-0.3, -0.25) is 4.79 Å². The molecule has 1 aliphatic rings. The molecule has 4 aromatic rings. The van der Waals surface area contributed by atoms with Gasteiger partial charge in [-0.05, 0) is 75.6 Å². The van der Waals surface area contributed by atoms with Gasteiger partial charge in [0.2, 0.25) is 5.95 Å². The number of nitrogens with one attached hydrogen (secondary N) is 1. The SMILES string of the molecule is COc1ccccc1-n1c(NS(=O)(=O)c2c(C)c(C)c3c(c2C)CC(C)(C)O3)nc2ccccc2c1=O. The van der Waals surface area contributed by atoms with Crippen molar-refractivity contribution < 1.29 is 17.9 Å². The maximum Gasteiger partial charge on any atom is 0.267 e. The number of hydrogen-bond acceptors (Lipinski definition) is 6. The number of sulfonamides is 1. The van der Waals surface area contributed by atoms with Gasteiger partial charge in [-0.15, -0.1) is 0 Å². The molecule has 0 bridgehead atoms. The molecule has 0 radical (unpaired) electrons. The molecule has 0 saturated carbocycles. The number of benzene rings is 3. The van der Waals surface area contributed by atoms with Gasteiger partial charge in [0, 0.05) is 12.0 Å². The molecule has 3 aromatic carbocycles. The average molecular weight is 520 g/mol. The van der Waals surface area contributed by atoms with E-state index in [1.54, 1.807) is 62.4 Å². The zero-order valence-electron chi connectivity index (χ0n) is 21.7. The second-order valence-electron chi connectivity index (χ2n) is 9.92. The molecular formula is C28H29N3O5S. The largest absolute Gasteiger partial charge is 0.495 e. The highest BCUT2D eigenvalue weighted by Crippen LogP contribution is 2.44. The van der Waals surface area contributed by atoms with Crippen LogP contribution in [0.4, 0.5) is 5.95 Å². The van der Waals surface area contributed by atoms with Gasteiger partial charge in [0.05, 0.1) is 28.6 Å². The lowest BCUT2D eigenvalue weighted by Crippen LogP contribution is -2.27. The Morgan fingerprint density at radius 1 is 1.00 bits per heavy atom. The van der Waals surface area contributed by atoms with Gasteiger partial charge in [-0.25, -0.2) is 22.7 Å². The van der Waals surface area contributed by atoms with E-state index in [2.05, 4.69) is 9.71 Å². The quantitative estimate of drug-likeness (QED) is 0.405. The van der Waals surface area contributed by atoms with Crippen molar-refractivity contribution in [3.63, 3.8) is 0 Å². The Labute approximate surface area is 215 Å². The summed E-state index contributed by atoms with van der Waals surface area (Å²) < 4.78 is 43.5. The standard InChI is InChI=1S/C28H29N3O5S/c1-16-17(2)25(18(3)20-15-28(4,5)36-24(16)20)37(33,34)30-27-29-21-12-8-7-11-19(21)26(32)31(27)22-13-9-10-14-23(22)35-6/h7-14H,15H2,1-6H3,(H,29,30). The zero-order valence-corrected chi connectivity index (χ0v) is 22.5. The number of rotatable bonds is 5. The predicted octanol–water partition coefficient (Wildman–Crippen LogP) is 4.83. The fraction of sp³-hybridized carbons (Fsp3) is 0.286. The minimum atomic E-state index is -4.16. The maximum atomic E-state index is 14.0. The summed E-state index contributed by atoms with van der Waals surface area (Å²) in [6, 6.07) is 13.7. The molecule has 9 heteroatoms. The molecule has 5 rings (SSSR count). The van der Waals surface area contributed by atoms with Crippen molar-refractivity contribution in [2.75, 3.05) is 11.8 Å². The Bertz CT molecular complexity index is 1740. The summed E-state index contributed by atoms with van der Waals surface area (Å²) in [7, 11) is -2.67. The summed E-state index contributed by atoms with van der Waals surface area (Å²) in [5, 5.41) is 0.358. The van der Waals surface area contributed by atoms with Crippen LogP contribution in [-0.2, 0) is 16.4 Å². The van der Waals surface area contributed by atoms with Crippen LogP contribution in [-0.4, -0.2) is 30.7 Å². The smallest absolute Gasteiger partial charge is 0.267 e. The normalized spacial score (nSPS) is 14.3. The van der Waals surface area contributed by atoms with E-state index in [1.807, 2.05) is 20.8 Å². The molecule has 0 aliphatic carbocycles. The highest BCUT2D eigenvalue weighted by molar-refractivity contribution is 7.92. The molecule has 0 unspecified atom stereocenters.